The van der Waals surface area contributed by atoms with E-state index < -0.39 is 17.1 Å². The second-order valence-electron chi connectivity index (χ2n) is 4.12. The van der Waals surface area contributed by atoms with Gasteiger partial charge in [-0.2, -0.15) is 0 Å². The second-order valence-corrected chi connectivity index (χ2v) is 17.2. The smallest absolute Gasteiger partial charge is 0.412 e. The minimum atomic E-state index is -2.29. The van der Waals surface area contributed by atoms with Gasteiger partial charge >= 0.3 is 77.2 Å². The van der Waals surface area contributed by atoms with E-state index in [1.165, 1.54) is 0 Å². The highest BCUT2D eigenvalue weighted by Crippen LogP contribution is 2.16. The van der Waals surface area contributed by atoms with Crippen molar-refractivity contribution in [2.75, 3.05) is 0 Å². The van der Waals surface area contributed by atoms with Gasteiger partial charge in [-0.15, -0.1) is 0 Å². The Kier molecular flexibility index (Phi) is 9.96. The quantitative estimate of drug-likeness (QED) is 0.457. The fraction of sp³-hybridized carbons (Fsp3) is 1.00. The van der Waals surface area contributed by atoms with Crippen LogP contribution in [0, 0.1) is 0 Å². The minimum absolute atomic E-state index is 0.119. The molecule has 1 heterocycles. The Morgan fingerprint density at radius 1 is 0.500 bits per heavy atom. The summed E-state index contributed by atoms with van der Waals surface area (Å²) in [7, 11) is -5.31. The van der Waals surface area contributed by atoms with Gasteiger partial charge in [0.05, 0.1) is 0 Å². The maximum atomic E-state index is 6.02. The SMILES string of the molecule is C[Si]1(C)O[Si]O[Si]O[Si]O[Si]O[Si]O[Si]O[Si](C)(C)O1. The largest absolute Gasteiger partial charge is 0.416 e. The number of hydrogen-bond donors (Lipinski definition) is 0. The van der Waals surface area contributed by atoms with Crippen LogP contribution in [0.3, 0.4) is 0 Å². The first kappa shape index (κ1) is 19.5. The fourth-order valence-corrected chi connectivity index (χ4v) is 12.4. The monoisotopic (exact) mass is 412 g/mol. The van der Waals surface area contributed by atoms with Gasteiger partial charge in [0.2, 0.25) is 0 Å². The summed E-state index contributed by atoms with van der Waals surface area (Å²) in [5, 5.41) is 0. The summed E-state index contributed by atoms with van der Waals surface area (Å²) in [6.45, 7) is 7.81. The van der Waals surface area contributed by atoms with Crippen LogP contribution in [0.25, 0.3) is 0 Å². The van der Waals surface area contributed by atoms with E-state index in [1.54, 1.807) is 0 Å². The Morgan fingerprint density at radius 3 is 1.15 bits per heavy atom. The van der Waals surface area contributed by atoms with Gasteiger partial charge in [0.1, 0.15) is 0 Å². The Bertz CT molecular complexity index is 243. The molecule has 1 aliphatic rings. The molecular weight excluding hydrogens is 401 g/mol. The Hall–Kier alpha value is 1.42. The molecule has 0 saturated carbocycles. The van der Waals surface area contributed by atoms with Crippen LogP contribution in [0.15, 0.2) is 0 Å². The van der Waals surface area contributed by atoms with E-state index in [0.717, 1.165) is 0 Å². The van der Waals surface area contributed by atoms with Gasteiger partial charge < -0.3 is 32.9 Å². The van der Waals surface area contributed by atoms with Gasteiger partial charge in [-0.3, -0.25) is 0 Å². The lowest BCUT2D eigenvalue weighted by Crippen LogP contribution is -2.50. The van der Waals surface area contributed by atoms with Crippen molar-refractivity contribution < 1.29 is 32.9 Å². The van der Waals surface area contributed by atoms with Crippen LogP contribution in [0.1, 0.15) is 0 Å². The third-order valence-electron chi connectivity index (χ3n) is 1.48. The molecule has 16 heteroatoms. The zero-order chi connectivity index (χ0) is 14.9. The van der Waals surface area contributed by atoms with Crippen molar-refractivity contribution >= 4 is 77.2 Å². The molecule has 1 saturated heterocycles. The standard InChI is InChI=1S/C4H12O8Si8/c1-19(2)10-17-8-15-6-13-5-14-7-16-9-18-11-20(3,4)12-19/h1-4H3. The highest BCUT2D eigenvalue weighted by atomic mass is 28.5. The molecule has 0 aromatic heterocycles. The van der Waals surface area contributed by atoms with Crippen LogP contribution in [0.5, 0.6) is 0 Å². The van der Waals surface area contributed by atoms with Crippen LogP contribution in [0.2, 0.25) is 26.2 Å². The van der Waals surface area contributed by atoms with Crippen molar-refractivity contribution in [3.05, 3.63) is 0 Å². The van der Waals surface area contributed by atoms with Gasteiger partial charge in [0.15, 0.2) is 0 Å². The first-order chi connectivity index (χ1) is 9.41. The molecule has 20 heavy (non-hydrogen) atoms. The summed E-state index contributed by atoms with van der Waals surface area (Å²) < 4.78 is 43.2. The van der Waals surface area contributed by atoms with Crippen molar-refractivity contribution in [1.29, 1.82) is 0 Å². The lowest BCUT2D eigenvalue weighted by atomic mass is 11.9. The Labute approximate surface area is 136 Å². The van der Waals surface area contributed by atoms with Crippen molar-refractivity contribution in [3.63, 3.8) is 0 Å². The lowest BCUT2D eigenvalue weighted by Gasteiger charge is -2.32. The van der Waals surface area contributed by atoms with E-state index >= 15 is 0 Å². The van der Waals surface area contributed by atoms with Crippen LogP contribution in [0.4, 0.5) is 0 Å². The molecule has 0 spiro atoms. The van der Waals surface area contributed by atoms with Crippen LogP contribution < -0.4 is 0 Å². The van der Waals surface area contributed by atoms with Gasteiger partial charge in [-0.05, 0) is 26.2 Å². The second kappa shape index (κ2) is 10.2. The van der Waals surface area contributed by atoms with Crippen molar-refractivity contribution in [2.45, 2.75) is 26.2 Å². The molecule has 108 valence electrons. The molecule has 0 atom stereocenters. The predicted octanol–water partition coefficient (Wildman–Crippen LogP) is -1.26. The summed E-state index contributed by atoms with van der Waals surface area (Å²) in [6, 6.07) is 0. The van der Waals surface area contributed by atoms with E-state index in [-0.39, 0.29) is 60.0 Å². The molecule has 1 rings (SSSR count). The van der Waals surface area contributed by atoms with Gasteiger partial charge in [0, 0.05) is 0 Å². The van der Waals surface area contributed by atoms with Gasteiger partial charge in [-0.25, -0.2) is 0 Å². The maximum Gasteiger partial charge on any atom is 0.412 e. The Morgan fingerprint density at radius 2 is 0.800 bits per heavy atom. The summed E-state index contributed by atoms with van der Waals surface area (Å²) in [6.07, 6.45) is 0. The van der Waals surface area contributed by atoms with E-state index in [0.29, 0.717) is 0 Å². The topological polar surface area (TPSA) is 73.8 Å². The zero-order valence-corrected chi connectivity index (χ0v) is 19.3. The van der Waals surface area contributed by atoms with Gasteiger partial charge in [0.25, 0.3) is 0 Å². The molecule has 12 radical (unpaired) electrons. The molecule has 1 aliphatic heterocycles. The summed E-state index contributed by atoms with van der Waals surface area (Å²) in [5.74, 6) is 0. The predicted molar refractivity (Wildman–Crippen MR) is 78.2 cm³/mol. The molecule has 0 aliphatic carbocycles. The summed E-state index contributed by atoms with van der Waals surface area (Å²) in [5.41, 5.74) is 0. The van der Waals surface area contributed by atoms with Gasteiger partial charge in [-0.1, -0.05) is 0 Å². The minimum Gasteiger partial charge on any atom is -0.416 e. The first-order valence-electron chi connectivity index (χ1n) is 5.27. The molecule has 0 bridgehead atoms. The molecule has 0 unspecified atom stereocenters. The third-order valence-corrected chi connectivity index (χ3v) is 13.3. The molecular formula is C4H12O8Si8. The lowest BCUT2D eigenvalue weighted by molar-refractivity contribution is 0.304. The normalized spacial score (nSPS) is 27.0. The molecule has 0 aromatic carbocycles. The Balaban J connectivity index is 2.42. The van der Waals surface area contributed by atoms with Crippen LogP contribution >= 0.6 is 0 Å². The summed E-state index contributed by atoms with van der Waals surface area (Å²) >= 11 is 0. The van der Waals surface area contributed by atoms with Crippen molar-refractivity contribution in [1.82, 2.24) is 0 Å². The molecule has 0 N–H and O–H groups in total. The van der Waals surface area contributed by atoms with Crippen molar-refractivity contribution in [3.8, 4) is 0 Å². The molecule has 0 amide bonds. The number of hydrogen-bond acceptors (Lipinski definition) is 8. The number of rotatable bonds is 0. The highest BCUT2D eigenvalue weighted by Gasteiger charge is 2.36. The maximum absolute atomic E-state index is 6.02. The van der Waals surface area contributed by atoms with E-state index in [2.05, 4.69) is 0 Å². The average molecular weight is 413 g/mol. The van der Waals surface area contributed by atoms with E-state index in [4.69, 9.17) is 32.9 Å². The third kappa shape index (κ3) is 10.2. The van der Waals surface area contributed by atoms with Crippen LogP contribution in [-0.2, 0) is 32.9 Å². The van der Waals surface area contributed by atoms with E-state index in [1.807, 2.05) is 26.2 Å². The van der Waals surface area contributed by atoms with Crippen LogP contribution in [-0.4, -0.2) is 77.2 Å². The first-order valence-corrected chi connectivity index (χ1v) is 15.8. The molecule has 0 aromatic rings. The fourth-order valence-electron chi connectivity index (χ4n) is 1.04. The van der Waals surface area contributed by atoms with Crippen molar-refractivity contribution in [2.24, 2.45) is 0 Å². The molecule has 1 fully saturated rings. The molecule has 8 nitrogen and oxygen atoms in total. The zero-order valence-electron chi connectivity index (χ0n) is 11.3. The van der Waals surface area contributed by atoms with E-state index in [9.17, 15) is 0 Å². The highest BCUT2D eigenvalue weighted by molar-refractivity contribution is 6.82. The summed E-state index contributed by atoms with van der Waals surface area (Å²) in [4.78, 5) is 0. The average Bonchev–Trinajstić information content (AvgIpc) is 2.32.